The molecule has 0 spiro atoms. The van der Waals surface area contributed by atoms with Gasteiger partial charge in [-0.15, -0.1) is 0 Å². The van der Waals surface area contributed by atoms with Crippen LogP contribution in [-0.2, 0) is 0 Å². The Labute approximate surface area is 138 Å². The van der Waals surface area contributed by atoms with E-state index in [0.29, 0.717) is 16.9 Å². The average Bonchev–Trinajstić information content (AvgIpc) is 2.96. The number of fused-ring (bicyclic) bond motifs is 1. The summed E-state index contributed by atoms with van der Waals surface area (Å²) in [6.45, 7) is 1.80. The van der Waals surface area contributed by atoms with Gasteiger partial charge in [0, 0.05) is 16.5 Å². The van der Waals surface area contributed by atoms with Crippen LogP contribution in [0, 0.1) is 6.92 Å². The van der Waals surface area contributed by atoms with Gasteiger partial charge in [-0.2, -0.15) is 0 Å². The van der Waals surface area contributed by atoms with Crippen molar-refractivity contribution in [3.8, 4) is 5.75 Å². The van der Waals surface area contributed by atoms with E-state index in [2.05, 4.69) is 10.9 Å². The first-order chi connectivity index (χ1) is 11.6. The number of rotatable bonds is 3. The first kappa shape index (κ1) is 15.6. The van der Waals surface area contributed by atoms with E-state index in [1.54, 1.807) is 44.4 Å². The van der Waals surface area contributed by atoms with Gasteiger partial charge >= 0.3 is 5.91 Å². The summed E-state index contributed by atoms with van der Waals surface area (Å²) in [6, 6.07) is 13.9. The van der Waals surface area contributed by atoms with Crippen LogP contribution < -0.4 is 15.6 Å². The number of hydrazine groups is 1. The number of methoxy groups -OCH3 is 1. The van der Waals surface area contributed by atoms with Crippen molar-refractivity contribution < 1.29 is 18.7 Å². The summed E-state index contributed by atoms with van der Waals surface area (Å²) in [5.74, 6) is -0.120. The molecule has 0 saturated carbocycles. The minimum Gasteiger partial charge on any atom is -0.497 e. The molecule has 24 heavy (non-hydrogen) atoms. The molecule has 6 heteroatoms. The minimum absolute atomic E-state index is 0.172. The van der Waals surface area contributed by atoms with E-state index < -0.39 is 11.8 Å². The first-order valence-corrected chi connectivity index (χ1v) is 7.33. The molecule has 3 aromatic rings. The highest BCUT2D eigenvalue weighted by atomic mass is 16.5. The van der Waals surface area contributed by atoms with E-state index in [-0.39, 0.29) is 5.76 Å². The maximum atomic E-state index is 12.2. The van der Waals surface area contributed by atoms with Crippen LogP contribution in [0.3, 0.4) is 0 Å². The molecule has 6 nitrogen and oxygen atoms in total. The molecule has 0 bridgehead atoms. The molecular formula is C18H16N2O4. The highest BCUT2D eigenvalue weighted by Gasteiger charge is 2.18. The van der Waals surface area contributed by atoms with Crippen molar-refractivity contribution in [2.45, 2.75) is 6.92 Å². The Hall–Kier alpha value is -3.28. The fourth-order valence-corrected chi connectivity index (χ4v) is 2.38. The van der Waals surface area contributed by atoms with Crippen LogP contribution in [0.4, 0.5) is 0 Å². The fourth-order valence-electron chi connectivity index (χ4n) is 2.38. The van der Waals surface area contributed by atoms with Crippen LogP contribution >= 0.6 is 0 Å². The highest BCUT2D eigenvalue weighted by Crippen LogP contribution is 2.24. The monoisotopic (exact) mass is 324 g/mol. The summed E-state index contributed by atoms with van der Waals surface area (Å²) in [5.41, 5.74) is 6.48. The summed E-state index contributed by atoms with van der Waals surface area (Å²) >= 11 is 0. The van der Waals surface area contributed by atoms with Gasteiger partial charge in [0.15, 0.2) is 5.76 Å². The van der Waals surface area contributed by atoms with Gasteiger partial charge in [0.2, 0.25) is 0 Å². The third-order valence-electron chi connectivity index (χ3n) is 3.69. The fraction of sp³-hybridized carbons (Fsp3) is 0.111. The molecule has 0 aliphatic rings. The SMILES string of the molecule is COc1ccc(C(=O)NNC(=O)c2oc3ccccc3c2C)cc1. The maximum absolute atomic E-state index is 12.2. The maximum Gasteiger partial charge on any atom is 0.305 e. The van der Waals surface area contributed by atoms with Gasteiger partial charge in [0.05, 0.1) is 7.11 Å². The number of hydrogen-bond acceptors (Lipinski definition) is 4. The smallest absolute Gasteiger partial charge is 0.305 e. The van der Waals surface area contributed by atoms with Crippen molar-refractivity contribution in [1.82, 2.24) is 10.9 Å². The number of carbonyl (C=O) groups excluding carboxylic acids is 2. The zero-order valence-corrected chi connectivity index (χ0v) is 13.3. The van der Waals surface area contributed by atoms with E-state index in [1.807, 2.05) is 18.2 Å². The van der Waals surface area contributed by atoms with E-state index in [1.165, 1.54) is 0 Å². The summed E-state index contributed by atoms with van der Waals surface area (Å²) in [6.07, 6.45) is 0. The second-order valence-corrected chi connectivity index (χ2v) is 5.19. The van der Waals surface area contributed by atoms with E-state index in [4.69, 9.17) is 9.15 Å². The normalized spacial score (nSPS) is 10.4. The lowest BCUT2D eigenvalue weighted by atomic mass is 10.1. The van der Waals surface area contributed by atoms with E-state index >= 15 is 0 Å². The van der Waals surface area contributed by atoms with Crippen molar-refractivity contribution in [3.63, 3.8) is 0 Å². The third-order valence-corrected chi connectivity index (χ3v) is 3.69. The predicted octanol–water partition coefficient (Wildman–Crippen LogP) is 2.82. The van der Waals surface area contributed by atoms with Crippen LogP contribution in [0.1, 0.15) is 26.5 Å². The molecule has 0 fully saturated rings. The molecule has 2 amide bonds. The van der Waals surface area contributed by atoms with E-state index in [0.717, 1.165) is 10.9 Å². The number of benzene rings is 2. The molecule has 122 valence electrons. The second kappa shape index (κ2) is 6.45. The lowest BCUT2D eigenvalue weighted by Crippen LogP contribution is -2.41. The lowest BCUT2D eigenvalue weighted by Gasteiger charge is -2.07. The van der Waals surface area contributed by atoms with Crippen LogP contribution in [0.2, 0.25) is 0 Å². The van der Waals surface area contributed by atoms with Gasteiger partial charge in [-0.3, -0.25) is 20.4 Å². The number of hydrogen-bond donors (Lipinski definition) is 2. The molecule has 0 saturated heterocycles. The highest BCUT2D eigenvalue weighted by molar-refractivity contribution is 6.01. The van der Waals surface area contributed by atoms with Crippen LogP contribution in [0.15, 0.2) is 52.9 Å². The molecule has 2 aromatic carbocycles. The summed E-state index contributed by atoms with van der Waals surface area (Å²) in [7, 11) is 1.55. The summed E-state index contributed by atoms with van der Waals surface area (Å²) in [5, 5.41) is 0.865. The topological polar surface area (TPSA) is 80.6 Å². The van der Waals surface area contributed by atoms with Crippen molar-refractivity contribution >= 4 is 22.8 Å². The quantitative estimate of drug-likeness (QED) is 0.726. The molecule has 0 atom stereocenters. The van der Waals surface area contributed by atoms with Gasteiger partial charge in [-0.1, -0.05) is 18.2 Å². The molecule has 2 N–H and O–H groups in total. The number of carbonyl (C=O) groups is 2. The number of aryl methyl sites for hydroxylation is 1. The molecule has 0 aliphatic heterocycles. The van der Waals surface area contributed by atoms with Gasteiger partial charge < -0.3 is 9.15 Å². The Morgan fingerprint density at radius 2 is 1.62 bits per heavy atom. The lowest BCUT2D eigenvalue weighted by molar-refractivity contribution is 0.0831. The third kappa shape index (κ3) is 2.94. The Bertz CT molecular complexity index is 897. The van der Waals surface area contributed by atoms with Gasteiger partial charge in [-0.25, -0.2) is 0 Å². The van der Waals surface area contributed by atoms with Crippen molar-refractivity contribution in [1.29, 1.82) is 0 Å². The number of ether oxygens (including phenoxy) is 1. The Balaban J connectivity index is 1.69. The van der Waals surface area contributed by atoms with Crippen molar-refractivity contribution in [2.75, 3.05) is 7.11 Å². The van der Waals surface area contributed by atoms with Crippen LogP contribution in [-0.4, -0.2) is 18.9 Å². The molecule has 3 rings (SSSR count). The Morgan fingerprint density at radius 3 is 2.29 bits per heavy atom. The number of furan rings is 1. The zero-order chi connectivity index (χ0) is 17.1. The second-order valence-electron chi connectivity index (χ2n) is 5.19. The number of para-hydroxylation sites is 1. The molecule has 1 aromatic heterocycles. The molecular weight excluding hydrogens is 308 g/mol. The first-order valence-electron chi connectivity index (χ1n) is 7.33. The summed E-state index contributed by atoms with van der Waals surface area (Å²) < 4.78 is 10.6. The molecule has 1 heterocycles. The number of amides is 2. The standard InChI is InChI=1S/C18H16N2O4/c1-11-14-5-3-4-6-15(14)24-16(11)18(22)20-19-17(21)12-7-9-13(23-2)10-8-12/h3-10H,1-2H3,(H,19,21)(H,20,22). The van der Waals surface area contributed by atoms with Gasteiger partial charge in [0.1, 0.15) is 11.3 Å². The van der Waals surface area contributed by atoms with Gasteiger partial charge in [-0.05, 0) is 37.3 Å². The minimum atomic E-state index is -0.509. The molecule has 0 unspecified atom stereocenters. The largest absolute Gasteiger partial charge is 0.497 e. The molecule has 0 radical (unpaired) electrons. The average molecular weight is 324 g/mol. The van der Waals surface area contributed by atoms with E-state index in [9.17, 15) is 9.59 Å². The van der Waals surface area contributed by atoms with Crippen LogP contribution in [0.5, 0.6) is 5.75 Å². The van der Waals surface area contributed by atoms with Crippen molar-refractivity contribution in [2.24, 2.45) is 0 Å². The molecule has 0 aliphatic carbocycles. The Morgan fingerprint density at radius 1 is 0.958 bits per heavy atom. The summed E-state index contributed by atoms with van der Waals surface area (Å²) in [4.78, 5) is 24.3. The van der Waals surface area contributed by atoms with Crippen molar-refractivity contribution in [3.05, 3.63) is 65.4 Å². The van der Waals surface area contributed by atoms with Crippen LogP contribution in [0.25, 0.3) is 11.0 Å². The predicted molar refractivity (Wildman–Crippen MR) is 88.9 cm³/mol. The Kier molecular flexibility index (Phi) is 4.20. The van der Waals surface area contributed by atoms with Gasteiger partial charge in [0.25, 0.3) is 5.91 Å². The number of nitrogens with one attached hydrogen (secondary N) is 2. The zero-order valence-electron chi connectivity index (χ0n) is 13.3.